The fourth-order valence-corrected chi connectivity index (χ4v) is 2.45. The molecule has 1 unspecified atom stereocenters. The molecule has 0 bridgehead atoms. The summed E-state index contributed by atoms with van der Waals surface area (Å²) in [4.78, 5) is 13.7. The lowest BCUT2D eigenvalue weighted by molar-refractivity contribution is -0.00194. The van der Waals surface area contributed by atoms with E-state index in [9.17, 15) is 9.90 Å². The number of ether oxygens (including phenoxy) is 1. The molecule has 0 saturated carbocycles. The van der Waals surface area contributed by atoms with Crippen molar-refractivity contribution in [2.75, 3.05) is 6.61 Å². The normalized spacial score (nSPS) is 19.2. The van der Waals surface area contributed by atoms with E-state index in [1.165, 1.54) is 0 Å². The third kappa shape index (κ3) is 3.27. The molecule has 0 fully saturated rings. The molecule has 1 aromatic heterocycles. The van der Waals surface area contributed by atoms with Gasteiger partial charge in [-0.2, -0.15) is 5.10 Å². The minimum absolute atomic E-state index is 0.115. The summed E-state index contributed by atoms with van der Waals surface area (Å²) in [6.07, 6.45) is -0.407. The molecule has 19 heavy (non-hydrogen) atoms. The summed E-state index contributed by atoms with van der Waals surface area (Å²) in [5, 5.41) is 13.7. The molecule has 1 amide bonds. The van der Waals surface area contributed by atoms with Crippen molar-refractivity contribution in [1.29, 1.82) is 0 Å². The van der Waals surface area contributed by atoms with E-state index >= 15 is 0 Å². The number of rotatable bonds is 1. The number of aliphatic hydroxyl groups excluding tert-OH is 1. The number of hydrogen-bond acceptors (Lipinski definition) is 4. The first-order valence-corrected chi connectivity index (χ1v) is 6.92. The number of carbonyl (C=O) groups is 1. The van der Waals surface area contributed by atoms with Gasteiger partial charge >= 0.3 is 6.09 Å². The maximum Gasteiger partial charge on any atom is 0.411 e. The Kier molecular flexibility index (Phi) is 3.87. The molecule has 2 rings (SSSR count). The summed E-state index contributed by atoms with van der Waals surface area (Å²) in [5.41, 5.74) is 0.373. The van der Waals surface area contributed by atoms with Crippen LogP contribution in [0.15, 0.2) is 10.7 Å². The molecule has 1 aromatic rings. The molecule has 1 aliphatic heterocycles. The van der Waals surface area contributed by atoms with Crippen LogP contribution in [0.2, 0.25) is 0 Å². The summed E-state index contributed by atoms with van der Waals surface area (Å²) in [6, 6.07) is 1.56. The van der Waals surface area contributed by atoms with Gasteiger partial charge in [0.05, 0.1) is 31.4 Å². The quantitative estimate of drug-likeness (QED) is 0.851. The molecule has 0 spiro atoms. The fourth-order valence-electron chi connectivity index (χ4n) is 2.00. The zero-order valence-corrected chi connectivity index (χ0v) is 12.8. The number of carbonyl (C=O) groups excluding carboxylic acids is 1. The van der Waals surface area contributed by atoms with E-state index in [1.54, 1.807) is 9.58 Å². The van der Waals surface area contributed by atoms with Crippen molar-refractivity contribution in [1.82, 2.24) is 14.7 Å². The molecular formula is C12H18BrN3O3. The first-order chi connectivity index (χ1) is 8.80. The minimum atomic E-state index is -0.546. The van der Waals surface area contributed by atoms with Crippen LogP contribution in [0, 0.1) is 0 Å². The largest absolute Gasteiger partial charge is 0.444 e. The molecule has 1 aliphatic rings. The highest BCUT2D eigenvalue weighted by Crippen LogP contribution is 2.22. The molecule has 6 nitrogen and oxygen atoms in total. The lowest BCUT2D eigenvalue weighted by Crippen LogP contribution is -2.50. The number of hydrogen-bond donors (Lipinski definition) is 1. The summed E-state index contributed by atoms with van der Waals surface area (Å²) in [6.45, 7) is 6.21. The molecule has 7 heteroatoms. The highest BCUT2D eigenvalue weighted by Gasteiger charge is 2.33. The van der Waals surface area contributed by atoms with Gasteiger partial charge in [-0.25, -0.2) is 4.79 Å². The highest BCUT2D eigenvalue weighted by molar-refractivity contribution is 9.10. The van der Waals surface area contributed by atoms with Crippen molar-refractivity contribution >= 4 is 22.0 Å². The van der Waals surface area contributed by atoms with Gasteiger partial charge in [0.2, 0.25) is 0 Å². The van der Waals surface area contributed by atoms with Crippen LogP contribution in [-0.4, -0.2) is 44.1 Å². The van der Waals surface area contributed by atoms with E-state index in [0.29, 0.717) is 13.1 Å². The monoisotopic (exact) mass is 331 g/mol. The molecule has 0 radical (unpaired) electrons. The van der Waals surface area contributed by atoms with Crippen molar-refractivity contribution < 1.29 is 14.6 Å². The number of fused-ring (bicyclic) bond motifs is 1. The van der Waals surface area contributed by atoms with Gasteiger partial charge in [-0.15, -0.1) is 0 Å². The predicted octanol–water partition coefficient (Wildman–Crippen LogP) is 1.76. The van der Waals surface area contributed by atoms with Gasteiger partial charge in [-0.05, 0) is 42.8 Å². The Morgan fingerprint density at radius 2 is 2.32 bits per heavy atom. The number of halogens is 1. The summed E-state index contributed by atoms with van der Waals surface area (Å²) in [5.74, 6) is 0. The zero-order valence-electron chi connectivity index (χ0n) is 11.3. The number of aromatic nitrogens is 2. The standard InChI is InChI=1S/C12H18BrN3O3/c1-12(2,3)19-11(18)15-5-8-4-10(13)14-16(8)6-9(15)7-17/h4,9,17H,5-7H2,1-3H3. The van der Waals surface area contributed by atoms with Gasteiger partial charge in [0, 0.05) is 0 Å². The third-order valence-electron chi connectivity index (χ3n) is 2.83. The predicted molar refractivity (Wildman–Crippen MR) is 72.6 cm³/mol. The van der Waals surface area contributed by atoms with Crippen LogP contribution in [0.5, 0.6) is 0 Å². The topological polar surface area (TPSA) is 67.6 Å². The van der Waals surface area contributed by atoms with Gasteiger partial charge in [0.1, 0.15) is 10.2 Å². The lowest BCUT2D eigenvalue weighted by Gasteiger charge is -2.36. The smallest absolute Gasteiger partial charge is 0.411 e. The van der Waals surface area contributed by atoms with Crippen molar-refractivity contribution in [3.8, 4) is 0 Å². The van der Waals surface area contributed by atoms with Crippen LogP contribution < -0.4 is 0 Å². The second kappa shape index (κ2) is 5.13. The first kappa shape index (κ1) is 14.3. The Labute approximate surface area is 120 Å². The van der Waals surface area contributed by atoms with Gasteiger partial charge in [0.25, 0.3) is 0 Å². The van der Waals surface area contributed by atoms with E-state index in [4.69, 9.17) is 4.74 Å². The molecule has 0 saturated heterocycles. The summed E-state index contributed by atoms with van der Waals surface area (Å²) in [7, 11) is 0. The average molecular weight is 332 g/mol. The Morgan fingerprint density at radius 1 is 1.63 bits per heavy atom. The maximum atomic E-state index is 12.2. The molecule has 0 aromatic carbocycles. The number of amides is 1. The lowest BCUT2D eigenvalue weighted by atomic mass is 10.2. The molecule has 1 N–H and O–H groups in total. The van der Waals surface area contributed by atoms with E-state index in [2.05, 4.69) is 21.0 Å². The summed E-state index contributed by atoms with van der Waals surface area (Å²) >= 11 is 3.31. The summed E-state index contributed by atoms with van der Waals surface area (Å²) < 4.78 is 7.89. The van der Waals surface area contributed by atoms with Crippen molar-refractivity contribution in [2.45, 2.75) is 45.5 Å². The van der Waals surface area contributed by atoms with Crippen LogP contribution in [0.3, 0.4) is 0 Å². The second-order valence-electron chi connectivity index (χ2n) is 5.59. The van der Waals surface area contributed by atoms with Crippen LogP contribution in [0.4, 0.5) is 4.79 Å². The Bertz CT molecular complexity index is 481. The fraction of sp³-hybridized carbons (Fsp3) is 0.667. The van der Waals surface area contributed by atoms with Crippen molar-refractivity contribution in [3.05, 3.63) is 16.4 Å². The van der Waals surface area contributed by atoms with Crippen LogP contribution in [0.1, 0.15) is 26.5 Å². The third-order valence-corrected chi connectivity index (χ3v) is 3.22. The Morgan fingerprint density at radius 3 is 2.89 bits per heavy atom. The van der Waals surface area contributed by atoms with Crippen LogP contribution in [-0.2, 0) is 17.8 Å². The van der Waals surface area contributed by atoms with Crippen LogP contribution in [0.25, 0.3) is 0 Å². The van der Waals surface area contributed by atoms with E-state index in [0.717, 1.165) is 10.3 Å². The molecule has 106 valence electrons. The average Bonchev–Trinajstić information content (AvgIpc) is 2.63. The van der Waals surface area contributed by atoms with Crippen LogP contribution >= 0.6 is 15.9 Å². The maximum absolute atomic E-state index is 12.2. The molecule has 2 heterocycles. The zero-order chi connectivity index (χ0) is 14.2. The van der Waals surface area contributed by atoms with Gasteiger partial charge in [-0.1, -0.05) is 0 Å². The van der Waals surface area contributed by atoms with E-state index < -0.39 is 11.7 Å². The SMILES string of the molecule is CC(C)(C)OC(=O)N1Cc2cc(Br)nn2CC1CO. The van der Waals surface area contributed by atoms with E-state index in [-0.39, 0.29) is 12.6 Å². The highest BCUT2D eigenvalue weighted by atomic mass is 79.9. The molecule has 0 aliphatic carbocycles. The first-order valence-electron chi connectivity index (χ1n) is 6.13. The molecular weight excluding hydrogens is 314 g/mol. The number of nitrogens with zero attached hydrogens (tertiary/aromatic N) is 3. The Hall–Kier alpha value is -1.08. The van der Waals surface area contributed by atoms with Gasteiger partial charge in [-0.3, -0.25) is 9.58 Å². The molecule has 1 atom stereocenters. The minimum Gasteiger partial charge on any atom is -0.444 e. The van der Waals surface area contributed by atoms with E-state index in [1.807, 2.05) is 26.8 Å². The van der Waals surface area contributed by atoms with Crippen molar-refractivity contribution in [3.63, 3.8) is 0 Å². The second-order valence-corrected chi connectivity index (χ2v) is 6.40. The van der Waals surface area contributed by atoms with Gasteiger partial charge in [0.15, 0.2) is 0 Å². The number of aliphatic hydroxyl groups is 1. The van der Waals surface area contributed by atoms with Crippen molar-refractivity contribution in [2.24, 2.45) is 0 Å². The van der Waals surface area contributed by atoms with Gasteiger partial charge < -0.3 is 9.84 Å². The Balaban J connectivity index is 2.18.